The van der Waals surface area contributed by atoms with Crippen molar-refractivity contribution in [2.24, 2.45) is 0 Å². The van der Waals surface area contributed by atoms with Gasteiger partial charge in [0, 0.05) is 23.3 Å². The van der Waals surface area contributed by atoms with Gasteiger partial charge in [0.2, 0.25) is 5.91 Å². The zero-order valence-corrected chi connectivity index (χ0v) is 17.5. The molecule has 5 rings (SSSR count). The number of fused-ring (bicyclic) bond motifs is 2. The smallest absolute Gasteiger partial charge is 0.243 e. The number of carbonyl (C=O) groups is 1. The molecule has 29 heavy (non-hydrogen) atoms. The van der Waals surface area contributed by atoms with E-state index in [2.05, 4.69) is 45.2 Å². The number of amides is 1. The lowest BCUT2D eigenvalue weighted by molar-refractivity contribution is -0.124. The molecule has 0 saturated carbocycles. The average Bonchev–Trinajstić information content (AvgIpc) is 2.99. The van der Waals surface area contributed by atoms with E-state index in [4.69, 9.17) is 7.05 Å². The SMILES string of the molecule is [CH]N1CCC2(CC1)C(=O)N(c1ccc(-c3ccccc3)cc1)c1ncc(Br)cc12. The van der Waals surface area contributed by atoms with Gasteiger partial charge in [-0.2, -0.15) is 0 Å². The number of pyridine rings is 1. The summed E-state index contributed by atoms with van der Waals surface area (Å²) in [6.07, 6.45) is 3.16. The zero-order valence-electron chi connectivity index (χ0n) is 15.9. The van der Waals surface area contributed by atoms with Crippen molar-refractivity contribution in [1.29, 1.82) is 0 Å². The molecular weight excluding hydrogens is 426 g/mol. The summed E-state index contributed by atoms with van der Waals surface area (Å²) in [7, 11) is 5.98. The van der Waals surface area contributed by atoms with Crippen LogP contribution in [-0.4, -0.2) is 28.9 Å². The zero-order chi connectivity index (χ0) is 20.0. The third kappa shape index (κ3) is 3.00. The van der Waals surface area contributed by atoms with Crippen molar-refractivity contribution in [2.45, 2.75) is 18.3 Å². The van der Waals surface area contributed by atoms with E-state index in [9.17, 15) is 4.79 Å². The second-order valence-electron chi connectivity index (χ2n) is 7.70. The van der Waals surface area contributed by atoms with Crippen LogP contribution in [0.25, 0.3) is 11.1 Å². The van der Waals surface area contributed by atoms with E-state index in [0.29, 0.717) is 25.9 Å². The van der Waals surface area contributed by atoms with Gasteiger partial charge in [0.25, 0.3) is 0 Å². The molecule has 2 aromatic carbocycles. The summed E-state index contributed by atoms with van der Waals surface area (Å²) in [5, 5.41) is 0. The number of nitrogens with zero attached hydrogens (tertiary/aromatic N) is 3. The summed E-state index contributed by atoms with van der Waals surface area (Å²) < 4.78 is 0.889. The number of piperidine rings is 1. The van der Waals surface area contributed by atoms with Crippen molar-refractivity contribution in [3.05, 3.63) is 83.9 Å². The Morgan fingerprint density at radius 2 is 1.62 bits per heavy atom. The van der Waals surface area contributed by atoms with E-state index in [1.807, 2.05) is 36.4 Å². The van der Waals surface area contributed by atoms with Gasteiger partial charge in [-0.25, -0.2) is 4.98 Å². The van der Waals surface area contributed by atoms with Gasteiger partial charge in [0.05, 0.1) is 11.1 Å². The molecule has 0 unspecified atom stereocenters. The van der Waals surface area contributed by atoms with Crippen LogP contribution in [0.4, 0.5) is 11.5 Å². The molecule has 1 amide bonds. The maximum Gasteiger partial charge on any atom is 0.243 e. The van der Waals surface area contributed by atoms with E-state index in [-0.39, 0.29) is 5.91 Å². The minimum atomic E-state index is -0.555. The Kier molecular flexibility index (Phi) is 4.52. The van der Waals surface area contributed by atoms with Crippen LogP contribution >= 0.6 is 15.9 Å². The molecule has 2 aliphatic heterocycles. The molecule has 0 atom stereocenters. The van der Waals surface area contributed by atoms with Crippen LogP contribution in [0.3, 0.4) is 0 Å². The van der Waals surface area contributed by atoms with Crippen LogP contribution in [0.5, 0.6) is 0 Å². The quantitative estimate of drug-likeness (QED) is 0.544. The fourth-order valence-electron chi connectivity index (χ4n) is 4.45. The Morgan fingerprint density at radius 1 is 0.966 bits per heavy atom. The second kappa shape index (κ2) is 7.08. The third-order valence-electron chi connectivity index (χ3n) is 6.06. The number of halogens is 1. The van der Waals surface area contributed by atoms with E-state index in [1.54, 1.807) is 16.0 Å². The van der Waals surface area contributed by atoms with Gasteiger partial charge in [-0.1, -0.05) is 42.5 Å². The van der Waals surface area contributed by atoms with Crippen LogP contribution < -0.4 is 4.90 Å². The van der Waals surface area contributed by atoms with Gasteiger partial charge in [-0.05, 0) is 71.2 Å². The summed E-state index contributed by atoms with van der Waals surface area (Å²) in [4.78, 5) is 21.9. The first kappa shape index (κ1) is 18.5. The second-order valence-corrected chi connectivity index (χ2v) is 8.61. The largest absolute Gasteiger partial charge is 0.297 e. The van der Waals surface area contributed by atoms with Crippen molar-refractivity contribution < 1.29 is 4.79 Å². The number of aromatic nitrogens is 1. The summed E-state index contributed by atoms with van der Waals surface area (Å²) in [5.74, 6) is 0.829. The molecule has 4 nitrogen and oxygen atoms in total. The molecule has 1 aromatic heterocycles. The van der Waals surface area contributed by atoms with Crippen LogP contribution in [0.1, 0.15) is 18.4 Å². The molecule has 5 heteroatoms. The summed E-state index contributed by atoms with van der Waals surface area (Å²) in [5.41, 5.74) is 3.56. The van der Waals surface area contributed by atoms with Crippen molar-refractivity contribution >= 4 is 33.3 Å². The predicted molar refractivity (Wildman–Crippen MR) is 118 cm³/mol. The summed E-state index contributed by atoms with van der Waals surface area (Å²) >= 11 is 3.53. The van der Waals surface area contributed by atoms with E-state index < -0.39 is 5.41 Å². The van der Waals surface area contributed by atoms with Crippen molar-refractivity contribution in [3.63, 3.8) is 0 Å². The predicted octanol–water partition coefficient (Wildman–Crippen LogP) is 5.19. The van der Waals surface area contributed by atoms with E-state index >= 15 is 0 Å². The highest BCUT2D eigenvalue weighted by Gasteiger charge is 2.53. The summed E-state index contributed by atoms with van der Waals surface area (Å²) in [6, 6.07) is 20.4. The number of hydrogen-bond acceptors (Lipinski definition) is 3. The Bertz CT molecular complexity index is 1060. The summed E-state index contributed by atoms with van der Waals surface area (Å²) in [6.45, 7) is 1.39. The van der Waals surface area contributed by atoms with Gasteiger partial charge < -0.3 is 0 Å². The lowest BCUT2D eigenvalue weighted by atomic mass is 9.74. The molecule has 2 aliphatic rings. The van der Waals surface area contributed by atoms with E-state index in [1.165, 1.54) is 0 Å². The van der Waals surface area contributed by atoms with Gasteiger partial charge in [0.1, 0.15) is 5.82 Å². The fourth-order valence-corrected chi connectivity index (χ4v) is 4.78. The topological polar surface area (TPSA) is 36.4 Å². The van der Waals surface area contributed by atoms with Crippen LogP contribution in [0.2, 0.25) is 0 Å². The first-order chi connectivity index (χ1) is 14.1. The molecule has 0 N–H and O–H groups in total. The molecule has 144 valence electrons. The number of rotatable bonds is 2. The Morgan fingerprint density at radius 3 is 2.31 bits per heavy atom. The Balaban J connectivity index is 1.57. The van der Waals surface area contributed by atoms with Crippen LogP contribution in [0.15, 0.2) is 71.3 Å². The Hall–Kier alpha value is -2.50. The Labute approximate surface area is 179 Å². The lowest BCUT2D eigenvalue weighted by Gasteiger charge is -2.36. The number of benzene rings is 2. The third-order valence-corrected chi connectivity index (χ3v) is 6.49. The molecule has 0 bridgehead atoms. The first-order valence-corrected chi connectivity index (χ1v) is 10.5. The van der Waals surface area contributed by atoms with Gasteiger partial charge in [-0.3, -0.25) is 14.6 Å². The standard InChI is InChI=1S/C24H20BrN3O/c1-27-13-11-24(12-14-27)21-15-19(25)16-26-22(21)28(23(24)29)20-9-7-18(8-10-20)17-5-3-2-4-6-17/h1-10,15-16H,11-14H2. The highest BCUT2D eigenvalue weighted by molar-refractivity contribution is 9.10. The van der Waals surface area contributed by atoms with Crippen LogP contribution in [-0.2, 0) is 10.2 Å². The minimum absolute atomic E-state index is 0.0960. The van der Waals surface area contributed by atoms with E-state index in [0.717, 1.165) is 32.7 Å². The van der Waals surface area contributed by atoms with Crippen LogP contribution in [0, 0.1) is 7.05 Å². The van der Waals surface area contributed by atoms with Crippen molar-refractivity contribution in [2.75, 3.05) is 18.0 Å². The maximum absolute atomic E-state index is 13.7. The highest BCUT2D eigenvalue weighted by atomic mass is 79.9. The molecule has 0 aliphatic carbocycles. The molecule has 2 radical (unpaired) electrons. The number of carbonyl (C=O) groups excluding carboxylic acids is 1. The molecular formula is C24H20BrN3O. The molecule has 3 aromatic rings. The van der Waals surface area contributed by atoms with Crippen molar-refractivity contribution in [3.8, 4) is 11.1 Å². The molecule has 3 heterocycles. The number of likely N-dealkylation sites (tertiary alicyclic amines) is 1. The molecule has 1 spiro atoms. The van der Waals surface area contributed by atoms with Gasteiger partial charge in [0.15, 0.2) is 0 Å². The van der Waals surface area contributed by atoms with Crippen molar-refractivity contribution in [1.82, 2.24) is 9.88 Å². The maximum atomic E-state index is 13.7. The fraction of sp³-hybridized carbons (Fsp3) is 0.208. The lowest BCUT2D eigenvalue weighted by Crippen LogP contribution is -2.46. The highest BCUT2D eigenvalue weighted by Crippen LogP contribution is 2.50. The number of hydrogen-bond donors (Lipinski definition) is 0. The molecule has 1 saturated heterocycles. The first-order valence-electron chi connectivity index (χ1n) is 9.74. The molecule has 1 fully saturated rings. The van der Waals surface area contributed by atoms with Gasteiger partial charge >= 0.3 is 0 Å². The monoisotopic (exact) mass is 445 g/mol. The number of anilines is 2. The normalized spacial score (nSPS) is 18.3. The van der Waals surface area contributed by atoms with Gasteiger partial charge in [-0.15, -0.1) is 0 Å². The average molecular weight is 446 g/mol. The minimum Gasteiger partial charge on any atom is -0.297 e.